The molecule has 3 nitrogen and oxygen atoms in total. The number of cyclic esters (lactones) is 2. The molecule has 1 saturated heterocycles. The Morgan fingerprint density at radius 3 is 1.87 bits per heavy atom. The highest BCUT2D eigenvalue weighted by molar-refractivity contribution is 6.04. The highest BCUT2D eigenvalue weighted by atomic mass is 16.6. The summed E-state index contributed by atoms with van der Waals surface area (Å²) in [7, 11) is 0. The van der Waals surface area contributed by atoms with E-state index in [1.807, 2.05) is 24.3 Å². The van der Waals surface area contributed by atoms with Gasteiger partial charge in [0, 0.05) is 0 Å². The Morgan fingerprint density at radius 1 is 0.933 bits per heavy atom. The second-order valence-corrected chi connectivity index (χ2v) is 4.55. The van der Waals surface area contributed by atoms with Crippen LogP contribution >= 0.6 is 0 Å². The second kappa shape index (κ2) is 2.60. The molecule has 0 N–H and O–H groups in total. The van der Waals surface area contributed by atoms with Crippen molar-refractivity contribution in [1.82, 2.24) is 0 Å². The van der Waals surface area contributed by atoms with Gasteiger partial charge in [0.05, 0.1) is 0 Å². The Hall–Kier alpha value is -1.38. The Kier molecular flexibility index (Phi) is 1.54. The lowest BCUT2D eigenvalue weighted by Gasteiger charge is -2.41. The van der Waals surface area contributed by atoms with Gasteiger partial charge in [-0.2, -0.15) is 0 Å². The molecule has 78 valence electrons. The van der Waals surface area contributed by atoms with Gasteiger partial charge in [0.15, 0.2) is 0 Å². The zero-order chi connectivity index (χ0) is 10.5. The van der Waals surface area contributed by atoms with Crippen LogP contribution in [-0.2, 0) is 14.3 Å². The fourth-order valence-electron chi connectivity index (χ4n) is 3.13. The van der Waals surface area contributed by atoms with Crippen molar-refractivity contribution in [1.29, 1.82) is 0 Å². The van der Waals surface area contributed by atoms with Crippen LogP contribution in [0.4, 0.5) is 0 Å². The summed E-state index contributed by atoms with van der Waals surface area (Å²) in [4.78, 5) is 23.7. The number of hydrogen-bond donors (Lipinski definition) is 0. The summed E-state index contributed by atoms with van der Waals surface area (Å²) >= 11 is 0. The third kappa shape index (κ3) is 0.822. The number of hydrogen-bond acceptors (Lipinski definition) is 3. The van der Waals surface area contributed by atoms with Gasteiger partial charge in [-0.1, -0.05) is 37.1 Å². The number of carbonyl (C=O) groups excluding carboxylic acids is 2. The van der Waals surface area contributed by atoms with E-state index in [-0.39, 0.29) is 11.9 Å². The van der Waals surface area contributed by atoms with Gasteiger partial charge in [-0.05, 0) is 12.8 Å². The molecule has 0 aromatic rings. The SMILES string of the molecule is O=C1OC(=O)[C@@]23C=CC=C[C@]12CCCC3. The van der Waals surface area contributed by atoms with Gasteiger partial charge >= 0.3 is 11.9 Å². The predicted molar refractivity (Wildman–Crippen MR) is 52.7 cm³/mol. The molecular weight excluding hydrogens is 192 g/mol. The van der Waals surface area contributed by atoms with Crippen LogP contribution in [-0.4, -0.2) is 11.9 Å². The van der Waals surface area contributed by atoms with Crippen LogP contribution in [0.25, 0.3) is 0 Å². The van der Waals surface area contributed by atoms with Crippen molar-refractivity contribution in [3.8, 4) is 0 Å². The molecule has 3 rings (SSSR count). The molecular formula is C12H12O3. The first-order valence-electron chi connectivity index (χ1n) is 5.35. The van der Waals surface area contributed by atoms with Crippen molar-refractivity contribution in [2.45, 2.75) is 25.7 Å². The van der Waals surface area contributed by atoms with E-state index in [4.69, 9.17) is 4.74 Å². The van der Waals surface area contributed by atoms with Gasteiger partial charge in [0.25, 0.3) is 0 Å². The van der Waals surface area contributed by atoms with Crippen molar-refractivity contribution in [2.24, 2.45) is 10.8 Å². The normalized spacial score (nSPS) is 42.4. The molecule has 2 aliphatic carbocycles. The molecule has 0 aromatic carbocycles. The first-order chi connectivity index (χ1) is 7.21. The maximum atomic E-state index is 11.8. The van der Waals surface area contributed by atoms with Gasteiger partial charge in [-0.25, -0.2) is 0 Å². The number of ether oxygens (including phenoxy) is 1. The average molecular weight is 204 g/mol. The molecule has 1 heterocycles. The summed E-state index contributed by atoms with van der Waals surface area (Å²) in [5.74, 6) is -0.708. The highest BCUT2D eigenvalue weighted by Gasteiger charge is 2.66. The van der Waals surface area contributed by atoms with E-state index in [1.54, 1.807) is 0 Å². The van der Waals surface area contributed by atoms with E-state index >= 15 is 0 Å². The van der Waals surface area contributed by atoms with Gasteiger partial charge in [-0.3, -0.25) is 9.59 Å². The molecule has 2 fully saturated rings. The monoisotopic (exact) mass is 204 g/mol. The maximum Gasteiger partial charge on any atom is 0.325 e. The molecule has 15 heavy (non-hydrogen) atoms. The summed E-state index contributed by atoms with van der Waals surface area (Å²) in [6, 6.07) is 0. The van der Waals surface area contributed by atoms with E-state index in [2.05, 4.69) is 0 Å². The van der Waals surface area contributed by atoms with Gasteiger partial charge < -0.3 is 4.74 Å². The van der Waals surface area contributed by atoms with E-state index in [0.29, 0.717) is 0 Å². The first-order valence-corrected chi connectivity index (χ1v) is 5.35. The van der Waals surface area contributed by atoms with Crippen molar-refractivity contribution < 1.29 is 14.3 Å². The third-order valence-electron chi connectivity index (χ3n) is 3.97. The lowest BCUT2D eigenvalue weighted by Crippen LogP contribution is -2.45. The lowest BCUT2D eigenvalue weighted by atomic mass is 9.55. The van der Waals surface area contributed by atoms with Crippen molar-refractivity contribution in [3.05, 3.63) is 24.3 Å². The summed E-state index contributed by atoms with van der Waals surface area (Å²) in [6.07, 6.45) is 10.9. The smallest absolute Gasteiger partial charge is 0.325 e. The van der Waals surface area contributed by atoms with E-state index in [1.165, 1.54) is 0 Å². The molecule has 0 bridgehead atoms. The molecule has 0 radical (unpaired) electrons. The molecule has 0 aromatic heterocycles. The number of allylic oxidation sites excluding steroid dienone is 2. The van der Waals surface area contributed by atoms with Crippen molar-refractivity contribution in [3.63, 3.8) is 0 Å². The Labute approximate surface area is 87.8 Å². The van der Waals surface area contributed by atoms with Crippen LogP contribution in [0.5, 0.6) is 0 Å². The largest absolute Gasteiger partial charge is 0.392 e. The minimum absolute atomic E-state index is 0.354. The highest BCUT2D eigenvalue weighted by Crippen LogP contribution is 2.59. The molecule has 1 saturated carbocycles. The van der Waals surface area contributed by atoms with Crippen molar-refractivity contribution in [2.75, 3.05) is 0 Å². The standard InChI is InChI=1S/C12H12O3/c13-9-11-5-1-2-6-12(11,10(14)15-9)8-4-3-7-11/h1-2,5-6H,3-4,7-8H2/t11-,12-/m0/s1. The molecule has 3 aliphatic rings. The molecule has 0 unspecified atom stereocenters. The van der Waals surface area contributed by atoms with Crippen LogP contribution in [0, 0.1) is 10.8 Å². The van der Waals surface area contributed by atoms with Crippen LogP contribution < -0.4 is 0 Å². The zero-order valence-corrected chi connectivity index (χ0v) is 8.36. The molecule has 2 atom stereocenters. The minimum Gasteiger partial charge on any atom is -0.392 e. The minimum atomic E-state index is -0.683. The van der Waals surface area contributed by atoms with Gasteiger partial charge in [-0.15, -0.1) is 0 Å². The van der Waals surface area contributed by atoms with Crippen LogP contribution in [0.1, 0.15) is 25.7 Å². The summed E-state index contributed by atoms with van der Waals surface area (Å²) in [5.41, 5.74) is -1.37. The number of carbonyl (C=O) groups is 2. The fraction of sp³-hybridized carbons (Fsp3) is 0.500. The van der Waals surface area contributed by atoms with Gasteiger partial charge in [0.1, 0.15) is 10.8 Å². The summed E-state index contributed by atoms with van der Waals surface area (Å²) < 4.78 is 4.86. The van der Waals surface area contributed by atoms with E-state index in [9.17, 15) is 9.59 Å². The fourth-order valence-corrected chi connectivity index (χ4v) is 3.13. The van der Waals surface area contributed by atoms with Crippen LogP contribution in [0.2, 0.25) is 0 Å². The Morgan fingerprint density at radius 2 is 1.40 bits per heavy atom. The van der Waals surface area contributed by atoms with Crippen LogP contribution in [0.15, 0.2) is 24.3 Å². The summed E-state index contributed by atoms with van der Waals surface area (Å²) in [5, 5.41) is 0. The zero-order valence-electron chi connectivity index (χ0n) is 8.36. The maximum absolute atomic E-state index is 11.8. The average Bonchev–Trinajstić information content (AvgIpc) is 2.50. The molecule has 1 aliphatic heterocycles. The predicted octanol–water partition coefficient (Wildman–Crippen LogP) is 1.74. The molecule has 3 heteroatoms. The van der Waals surface area contributed by atoms with E-state index < -0.39 is 10.8 Å². The van der Waals surface area contributed by atoms with Gasteiger partial charge in [0.2, 0.25) is 0 Å². The third-order valence-corrected chi connectivity index (χ3v) is 3.97. The first kappa shape index (κ1) is 8.89. The van der Waals surface area contributed by atoms with Crippen molar-refractivity contribution >= 4 is 11.9 Å². The summed E-state index contributed by atoms with van der Waals surface area (Å²) in [6.45, 7) is 0. The van der Waals surface area contributed by atoms with Crippen LogP contribution in [0.3, 0.4) is 0 Å². The van der Waals surface area contributed by atoms with E-state index in [0.717, 1.165) is 25.7 Å². The number of rotatable bonds is 0. The topological polar surface area (TPSA) is 43.4 Å². The second-order valence-electron chi connectivity index (χ2n) is 4.55. The lowest BCUT2D eigenvalue weighted by molar-refractivity contribution is -0.155. The molecule has 0 spiro atoms. The quantitative estimate of drug-likeness (QED) is 0.446. The number of esters is 2. The molecule has 0 amide bonds. The Bertz CT molecular complexity index is 369. The Balaban J connectivity index is 2.23.